The average molecular weight is 1780 g/mol. The van der Waals surface area contributed by atoms with E-state index >= 15 is 0 Å². The molecule has 12 nitrogen and oxygen atoms in total. The molecular weight excluding hydrogens is 1730 g/mol. The summed E-state index contributed by atoms with van der Waals surface area (Å²) >= 11 is 20.6. The maximum Gasteiger partial charge on any atom is 0.178 e. The van der Waals surface area contributed by atoms with Crippen LogP contribution in [0.25, 0.3) is 109 Å². The van der Waals surface area contributed by atoms with Gasteiger partial charge in [-0.3, -0.25) is 28.8 Å². The van der Waals surface area contributed by atoms with Crippen molar-refractivity contribution in [1.29, 1.82) is 0 Å². The van der Waals surface area contributed by atoms with Crippen LogP contribution in [0.4, 0.5) is 0 Å². The zero-order chi connectivity index (χ0) is 75.3. The summed E-state index contributed by atoms with van der Waals surface area (Å²) in [5, 5.41) is 78.4. The predicted molar refractivity (Wildman–Crippen MR) is 446 cm³/mol. The summed E-state index contributed by atoms with van der Waals surface area (Å²) in [6.07, 6.45) is 15.0. The van der Waals surface area contributed by atoms with Gasteiger partial charge in [-0.05, 0) is 280 Å². The fourth-order valence-corrected chi connectivity index (χ4v) is 14.5. The molecule has 6 N–H and O–H groups in total. The highest BCUT2D eigenvalue weighted by Crippen LogP contribution is 2.53. The summed E-state index contributed by atoms with van der Waals surface area (Å²) in [5.41, 5.74) is 3.72. The van der Waals surface area contributed by atoms with Crippen LogP contribution in [0.5, 0.6) is 34.5 Å². The topological polar surface area (TPSA) is 224 Å². The molecule has 14 aromatic carbocycles. The normalized spacial score (nSPS) is 12.5. The van der Waals surface area contributed by atoms with Crippen molar-refractivity contribution in [2.75, 3.05) is 0 Å². The van der Waals surface area contributed by atoms with Crippen molar-refractivity contribution in [3.63, 3.8) is 0 Å². The highest BCUT2D eigenvalue weighted by atomic mass is 79.9. The molecule has 522 valence electrons. The number of hydrogen-bond donors (Lipinski definition) is 6. The van der Waals surface area contributed by atoms with E-state index in [2.05, 4.69) is 144 Å². The maximum atomic E-state index is 10.8. The standard InChI is InChI=1S/3C20H12Br2O2.C10H8.3C6H4O2/c3*21-15-9-11-5-1-3-7-13(11)17(19(15)23)18-14-8-4-2-6-12(14)10-16(22)20(18)24;1-2-6-10-8-4-3-7-9(10)5-1;3*7-5-1-2-6(8)4-3-5/h3*1-10,23-24H;1-8H;3*1-4H. The molecule has 0 saturated heterocycles. The summed E-state index contributed by atoms with van der Waals surface area (Å²) in [7, 11) is 0. The molecule has 0 saturated carbocycles. The monoisotopic (exact) mass is 1780 g/mol. The van der Waals surface area contributed by atoms with E-state index in [-0.39, 0.29) is 69.2 Å². The Labute approximate surface area is 657 Å². The second kappa shape index (κ2) is 34.8. The van der Waals surface area contributed by atoms with Crippen LogP contribution >= 0.6 is 95.6 Å². The van der Waals surface area contributed by atoms with Gasteiger partial charge in [0.25, 0.3) is 0 Å². The molecule has 18 heteroatoms. The number of carbonyl (C=O) groups is 6. The number of aromatic hydroxyl groups is 6. The minimum absolute atomic E-state index is 0.118. The Morgan fingerprint density at radius 1 is 0.170 bits per heavy atom. The molecule has 106 heavy (non-hydrogen) atoms. The molecule has 17 rings (SSSR count). The van der Waals surface area contributed by atoms with E-state index in [0.29, 0.717) is 60.2 Å². The van der Waals surface area contributed by atoms with Gasteiger partial charge in [0.15, 0.2) is 34.7 Å². The molecule has 14 aromatic rings. The molecule has 3 aliphatic carbocycles. The number of halogens is 6. The highest BCUT2D eigenvalue weighted by molar-refractivity contribution is 9.11. The Kier molecular flexibility index (Phi) is 25.0. The van der Waals surface area contributed by atoms with Crippen molar-refractivity contribution in [3.05, 3.63) is 330 Å². The number of hydrogen-bond acceptors (Lipinski definition) is 12. The summed E-state index contributed by atoms with van der Waals surface area (Å²) in [6, 6.07) is 74.9. The first-order chi connectivity index (χ1) is 51.1. The smallest absolute Gasteiger partial charge is 0.178 e. The molecule has 0 spiro atoms. The minimum atomic E-state index is -0.121. The number of phenolic OH excluding ortho intramolecular Hbond substituents is 6. The first-order valence-electron chi connectivity index (χ1n) is 32.2. The Balaban J connectivity index is 0.000000130. The summed E-state index contributed by atoms with van der Waals surface area (Å²) in [6.45, 7) is 0. The largest absolute Gasteiger partial charge is 0.506 e. The van der Waals surface area contributed by atoms with Gasteiger partial charge in [0, 0.05) is 33.4 Å². The molecule has 0 aromatic heterocycles. The second-order valence-corrected chi connectivity index (χ2v) is 28.7. The van der Waals surface area contributed by atoms with Crippen LogP contribution in [0.1, 0.15) is 0 Å². The third-order valence-electron chi connectivity index (χ3n) is 16.7. The molecule has 3 aliphatic rings. The van der Waals surface area contributed by atoms with E-state index < -0.39 is 0 Å². The number of rotatable bonds is 3. The van der Waals surface area contributed by atoms with Crippen molar-refractivity contribution < 1.29 is 59.4 Å². The van der Waals surface area contributed by atoms with E-state index in [4.69, 9.17) is 0 Å². The SMILES string of the molecule is O=C1C=CC(=O)C=C1.O=C1C=CC(=O)C=C1.O=C1C=CC(=O)C=C1.Oc1c(Br)cc2ccccc2c1-c1c(O)c(Br)cc2ccccc12.Oc1c(Br)cc2ccccc2c1-c1c(O)c(Br)cc2ccccc12.Oc1c(Br)cc2ccccc2c1-c1c(O)c(Br)cc2ccccc12.c1ccc2ccccc2c1. The van der Waals surface area contributed by atoms with Gasteiger partial charge in [0.05, 0.1) is 26.8 Å². The van der Waals surface area contributed by atoms with Gasteiger partial charge >= 0.3 is 0 Å². The van der Waals surface area contributed by atoms with E-state index in [0.717, 1.165) is 64.6 Å². The third-order valence-corrected chi connectivity index (χ3v) is 20.4. The van der Waals surface area contributed by atoms with Crippen LogP contribution in [0, 0.1) is 0 Å². The fraction of sp³-hybridized carbons (Fsp3) is 0. The van der Waals surface area contributed by atoms with Crippen molar-refractivity contribution >= 4 is 206 Å². The van der Waals surface area contributed by atoms with Crippen LogP contribution < -0.4 is 0 Å². The molecule has 0 amide bonds. The number of benzene rings is 14. The lowest BCUT2D eigenvalue weighted by Gasteiger charge is -2.16. The average Bonchev–Trinajstić information content (AvgIpc) is 0.759. The Bertz CT molecular complexity index is 5110. The van der Waals surface area contributed by atoms with E-state index in [1.54, 1.807) is 0 Å². The summed E-state index contributed by atoms with van der Waals surface area (Å²) < 4.78 is 3.58. The van der Waals surface area contributed by atoms with Crippen LogP contribution in [0.3, 0.4) is 0 Å². The fourth-order valence-electron chi connectivity index (χ4n) is 11.8. The van der Waals surface area contributed by atoms with Gasteiger partial charge in [-0.25, -0.2) is 0 Å². The van der Waals surface area contributed by atoms with E-state index in [1.807, 2.05) is 182 Å². The summed E-state index contributed by atoms with van der Waals surface area (Å²) in [4.78, 5) is 61.7. The number of carbonyl (C=O) groups excluding carboxylic acids is 6. The van der Waals surface area contributed by atoms with Gasteiger partial charge < -0.3 is 30.6 Å². The lowest BCUT2D eigenvalue weighted by atomic mass is 9.92. The zero-order valence-electron chi connectivity index (χ0n) is 55.3. The molecule has 0 aliphatic heterocycles. The molecule has 0 heterocycles. The lowest BCUT2D eigenvalue weighted by Crippen LogP contribution is -1.97. The van der Waals surface area contributed by atoms with E-state index in [9.17, 15) is 59.4 Å². The minimum Gasteiger partial charge on any atom is -0.506 e. The summed E-state index contributed by atoms with van der Waals surface area (Å²) in [5.74, 6) is -0.0175. The van der Waals surface area contributed by atoms with E-state index in [1.165, 1.54) is 83.7 Å². The molecule has 0 atom stereocenters. The Morgan fingerprint density at radius 3 is 0.415 bits per heavy atom. The third kappa shape index (κ3) is 17.7. The van der Waals surface area contributed by atoms with Crippen molar-refractivity contribution in [2.45, 2.75) is 0 Å². The Morgan fingerprint density at radius 2 is 0.283 bits per heavy atom. The van der Waals surface area contributed by atoms with Crippen molar-refractivity contribution in [2.24, 2.45) is 0 Å². The number of ketones is 6. The number of phenols is 6. The number of fused-ring (bicyclic) bond motifs is 7. The number of allylic oxidation sites excluding steroid dienone is 12. The van der Waals surface area contributed by atoms with Gasteiger partial charge in [0.2, 0.25) is 0 Å². The molecule has 0 fully saturated rings. The van der Waals surface area contributed by atoms with Gasteiger partial charge in [-0.15, -0.1) is 0 Å². The quantitative estimate of drug-likeness (QED) is 0.0909. The molecule has 0 radical (unpaired) electrons. The second-order valence-electron chi connectivity index (χ2n) is 23.6. The van der Waals surface area contributed by atoms with Crippen molar-refractivity contribution in [1.82, 2.24) is 0 Å². The van der Waals surface area contributed by atoms with Crippen LogP contribution in [0.15, 0.2) is 330 Å². The molecular formula is C88H56Br6O12. The van der Waals surface area contributed by atoms with Gasteiger partial charge in [-0.2, -0.15) is 0 Å². The first kappa shape index (κ1) is 76.2. The highest BCUT2D eigenvalue weighted by Gasteiger charge is 2.24. The van der Waals surface area contributed by atoms with Crippen molar-refractivity contribution in [3.8, 4) is 67.9 Å². The van der Waals surface area contributed by atoms with Crippen LogP contribution in [-0.4, -0.2) is 65.3 Å². The van der Waals surface area contributed by atoms with Gasteiger partial charge in [0.1, 0.15) is 34.5 Å². The van der Waals surface area contributed by atoms with Crippen LogP contribution in [-0.2, 0) is 28.8 Å². The Hall–Kier alpha value is -11.0. The molecule has 0 unspecified atom stereocenters. The van der Waals surface area contributed by atoms with Gasteiger partial charge in [-0.1, -0.05) is 194 Å². The molecule has 0 bridgehead atoms. The first-order valence-corrected chi connectivity index (χ1v) is 37.0. The zero-order valence-corrected chi connectivity index (χ0v) is 64.8. The lowest BCUT2D eigenvalue weighted by molar-refractivity contribution is -0.113. The maximum absolute atomic E-state index is 10.8. The van der Waals surface area contributed by atoms with Crippen LogP contribution in [0.2, 0.25) is 0 Å². The predicted octanol–water partition coefficient (Wildman–Crippen LogP) is 23.4.